The standard InChI is InChI=1S/C9H15N5S/c10-1-2-12-3-4-13-5-7-14(8-6-13)9(11)15/h1-4,10H,5-8H2,(H2,11,15)/b4-3+,10-1?,12-2?. The molecule has 0 saturated carbocycles. The molecule has 82 valence electrons. The molecule has 0 aromatic carbocycles. The molecule has 1 aliphatic rings. The van der Waals surface area contributed by atoms with Gasteiger partial charge in [-0.25, -0.2) is 0 Å². The SMILES string of the molecule is N=CC=N/C=C/N1CCN(C(N)=S)CC1. The fourth-order valence-electron chi connectivity index (χ4n) is 1.32. The van der Waals surface area contributed by atoms with E-state index >= 15 is 0 Å². The number of hydrogen-bond acceptors (Lipinski definition) is 4. The first-order valence-electron chi connectivity index (χ1n) is 4.71. The molecule has 1 fully saturated rings. The van der Waals surface area contributed by atoms with E-state index in [2.05, 4.69) is 9.89 Å². The average molecular weight is 225 g/mol. The normalized spacial score (nSPS) is 17.6. The maximum atomic E-state index is 6.74. The van der Waals surface area contributed by atoms with Crippen LogP contribution < -0.4 is 5.73 Å². The number of piperazine rings is 1. The molecule has 0 atom stereocenters. The molecular formula is C9H15N5S. The summed E-state index contributed by atoms with van der Waals surface area (Å²) in [5.41, 5.74) is 5.52. The Morgan fingerprint density at radius 1 is 1.33 bits per heavy atom. The van der Waals surface area contributed by atoms with Crippen molar-refractivity contribution in [2.24, 2.45) is 10.7 Å². The lowest BCUT2D eigenvalue weighted by atomic mass is 10.3. The molecule has 15 heavy (non-hydrogen) atoms. The summed E-state index contributed by atoms with van der Waals surface area (Å²) in [6.07, 6.45) is 6.18. The fraction of sp³-hybridized carbons (Fsp3) is 0.444. The van der Waals surface area contributed by atoms with Gasteiger partial charge < -0.3 is 20.9 Å². The number of hydrogen-bond donors (Lipinski definition) is 2. The zero-order valence-electron chi connectivity index (χ0n) is 8.47. The van der Waals surface area contributed by atoms with Crippen molar-refractivity contribution in [1.82, 2.24) is 9.80 Å². The highest BCUT2D eigenvalue weighted by atomic mass is 32.1. The maximum absolute atomic E-state index is 6.74. The Labute approximate surface area is 94.8 Å². The van der Waals surface area contributed by atoms with Gasteiger partial charge in [0.05, 0.1) is 0 Å². The predicted octanol–water partition coefficient (Wildman–Crippen LogP) is 0.0392. The van der Waals surface area contributed by atoms with Gasteiger partial charge in [-0.3, -0.25) is 4.99 Å². The van der Waals surface area contributed by atoms with Crippen molar-refractivity contribution in [3.8, 4) is 0 Å². The van der Waals surface area contributed by atoms with E-state index in [0.717, 1.165) is 32.4 Å². The van der Waals surface area contributed by atoms with Gasteiger partial charge in [-0.1, -0.05) is 0 Å². The van der Waals surface area contributed by atoms with E-state index in [1.807, 2.05) is 11.1 Å². The third-order valence-corrected chi connectivity index (χ3v) is 2.41. The molecular weight excluding hydrogens is 210 g/mol. The molecule has 0 bridgehead atoms. The van der Waals surface area contributed by atoms with Crippen LogP contribution in [0.5, 0.6) is 0 Å². The highest BCUT2D eigenvalue weighted by Gasteiger charge is 2.14. The first-order valence-corrected chi connectivity index (χ1v) is 5.12. The molecule has 1 saturated heterocycles. The van der Waals surface area contributed by atoms with E-state index in [4.69, 9.17) is 23.4 Å². The molecule has 6 heteroatoms. The van der Waals surface area contributed by atoms with Crippen molar-refractivity contribution in [1.29, 1.82) is 5.41 Å². The monoisotopic (exact) mass is 225 g/mol. The van der Waals surface area contributed by atoms with Gasteiger partial charge in [0.2, 0.25) is 0 Å². The van der Waals surface area contributed by atoms with Gasteiger partial charge in [0.25, 0.3) is 0 Å². The summed E-state index contributed by atoms with van der Waals surface area (Å²) in [6.45, 7) is 3.50. The number of nitrogens with two attached hydrogens (primary N) is 1. The summed E-state index contributed by atoms with van der Waals surface area (Å²) in [7, 11) is 0. The zero-order valence-corrected chi connectivity index (χ0v) is 9.28. The quantitative estimate of drug-likeness (QED) is 0.525. The Balaban J connectivity index is 2.31. The number of nitrogens with one attached hydrogen (secondary N) is 1. The average Bonchev–Trinajstić information content (AvgIpc) is 2.25. The van der Waals surface area contributed by atoms with E-state index in [1.165, 1.54) is 6.21 Å². The van der Waals surface area contributed by atoms with Crippen LogP contribution in [0.15, 0.2) is 17.4 Å². The Morgan fingerprint density at radius 2 is 2.00 bits per heavy atom. The lowest BCUT2D eigenvalue weighted by molar-refractivity contribution is 0.238. The van der Waals surface area contributed by atoms with Crippen LogP contribution in [0.3, 0.4) is 0 Å². The first kappa shape index (κ1) is 11.6. The molecule has 1 aliphatic heterocycles. The van der Waals surface area contributed by atoms with Crippen LogP contribution in [0.4, 0.5) is 0 Å². The van der Waals surface area contributed by atoms with Crippen LogP contribution in [0.1, 0.15) is 0 Å². The largest absolute Gasteiger partial charge is 0.376 e. The molecule has 0 spiro atoms. The molecule has 0 radical (unpaired) electrons. The number of nitrogens with zero attached hydrogens (tertiary/aromatic N) is 3. The summed E-state index contributed by atoms with van der Waals surface area (Å²) in [4.78, 5) is 8.02. The van der Waals surface area contributed by atoms with Crippen LogP contribution in [0.2, 0.25) is 0 Å². The minimum Gasteiger partial charge on any atom is -0.376 e. The number of thiocarbonyl (C=S) groups is 1. The second kappa shape index (κ2) is 6.13. The third-order valence-electron chi connectivity index (χ3n) is 2.15. The summed E-state index contributed by atoms with van der Waals surface area (Å²) in [6, 6.07) is 0. The third kappa shape index (κ3) is 4.07. The summed E-state index contributed by atoms with van der Waals surface area (Å²) < 4.78 is 0. The Kier molecular flexibility index (Phi) is 4.76. The fourth-order valence-corrected chi connectivity index (χ4v) is 1.50. The first-order chi connectivity index (χ1) is 7.24. The molecule has 5 nitrogen and oxygen atoms in total. The van der Waals surface area contributed by atoms with Gasteiger partial charge in [-0.15, -0.1) is 0 Å². The molecule has 0 aliphatic carbocycles. The van der Waals surface area contributed by atoms with Gasteiger partial charge in [-0.2, -0.15) is 0 Å². The minimum absolute atomic E-state index is 0.473. The molecule has 0 unspecified atom stereocenters. The zero-order chi connectivity index (χ0) is 11.1. The Morgan fingerprint density at radius 3 is 2.53 bits per heavy atom. The topological polar surface area (TPSA) is 68.7 Å². The smallest absolute Gasteiger partial charge is 0.166 e. The molecule has 1 rings (SSSR count). The Hall–Kier alpha value is -1.43. The minimum atomic E-state index is 0.473. The van der Waals surface area contributed by atoms with Crippen LogP contribution in [0, 0.1) is 5.41 Å². The van der Waals surface area contributed by atoms with Crippen molar-refractivity contribution >= 4 is 29.8 Å². The molecule has 1 heterocycles. The van der Waals surface area contributed by atoms with Crippen molar-refractivity contribution in [3.63, 3.8) is 0 Å². The van der Waals surface area contributed by atoms with Crippen molar-refractivity contribution in [3.05, 3.63) is 12.4 Å². The van der Waals surface area contributed by atoms with Gasteiger partial charge in [0, 0.05) is 51.0 Å². The second-order valence-corrected chi connectivity index (χ2v) is 3.54. The molecule has 0 aromatic rings. The highest BCUT2D eigenvalue weighted by molar-refractivity contribution is 7.80. The Bertz CT molecular complexity index is 278. The van der Waals surface area contributed by atoms with Crippen molar-refractivity contribution < 1.29 is 0 Å². The summed E-state index contributed by atoms with van der Waals surface area (Å²) in [5, 5.41) is 7.22. The van der Waals surface area contributed by atoms with E-state index < -0.39 is 0 Å². The van der Waals surface area contributed by atoms with Crippen LogP contribution in [-0.2, 0) is 0 Å². The van der Waals surface area contributed by atoms with Gasteiger partial charge in [0.15, 0.2) is 5.11 Å². The van der Waals surface area contributed by atoms with E-state index in [0.29, 0.717) is 5.11 Å². The lowest BCUT2D eigenvalue weighted by Crippen LogP contribution is -2.48. The van der Waals surface area contributed by atoms with Gasteiger partial charge in [-0.05, 0) is 12.2 Å². The van der Waals surface area contributed by atoms with Crippen LogP contribution >= 0.6 is 12.2 Å². The lowest BCUT2D eigenvalue weighted by Gasteiger charge is -2.34. The van der Waals surface area contributed by atoms with Gasteiger partial charge >= 0.3 is 0 Å². The van der Waals surface area contributed by atoms with E-state index in [1.54, 1.807) is 6.20 Å². The number of aliphatic imine (C=N–C) groups is 1. The van der Waals surface area contributed by atoms with Crippen molar-refractivity contribution in [2.45, 2.75) is 0 Å². The van der Waals surface area contributed by atoms with E-state index in [-0.39, 0.29) is 0 Å². The van der Waals surface area contributed by atoms with Crippen LogP contribution in [-0.4, -0.2) is 53.5 Å². The maximum Gasteiger partial charge on any atom is 0.166 e. The van der Waals surface area contributed by atoms with Crippen molar-refractivity contribution in [2.75, 3.05) is 26.2 Å². The van der Waals surface area contributed by atoms with Gasteiger partial charge in [0.1, 0.15) is 0 Å². The molecule has 0 aromatic heterocycles. The second-order valence-electron chi connectivity index (χ2n) is 3.12. The predicted molar refractivity (Wildman–Crippen MR) is 66.3 cm³/mol. The summed E-state index contributed by atoms with van der Waals surface area (Å²) in [5.74, 6) is 0. The molecule has 0 amide bonds. The van der Waals surface area contributed by atoms with E-state index in [9.17, 15) is 0 Å². The highest BCUT2D eigenvalue weighted by Crippen LogP contribution is 2.01. The van der Waals surface area contributed by atoms with Crippen LogP contribution in [0.25, 0.3) is 0 Å². The molecule has 3 N–H and O–H groups in total. The number of rotatable bonds is 3. The summed E-state index contributed by atoms with van der Waals surface area (Å²) >= 11 is 4.89.